The van der Waals surface area contributed by atoms with Crippen LogP contribution in [0.25, 0.3) is 5.69 Å². The summed E-state index contributed by atoms with van der Waals surface area (Å²) in [4.78, 5) is 14.3. The summed E-state index contributed by atoms with van der Waals surface area (Å²) < 4.78 is 24.9. The van der Waals surface area contributed by atoms with E-state index in [0.717, 1.165) is 11.3 Å². The van der Waals surface area contributed by atoms with Gasteiger partial charge in [-0.2, -0.15) is 4.68 Å². The van der Waals surface area contributed by atoms with Crippen molar-refractivity contribution in [2.24, 2.45) is 0 Å². The number of para-hydroxylation sites is 1. The number of carbonyl (C=O) groups is 1. The summed E-state index contributed by atoms with van der Waals surface area (Å²) in [5, 5.41) is 11.9. The molecule has 8 nitrogen and oxygen atoms in total. The van der Waals surface area contributed by atoms with Gasteiger partial charge in [0.1, 0.15) is 0 Å². The molecular formula is C16H21N5O3S2. The molecule has 1 amide bonds. The lowest BCUT2D eigenvalue weighted by Crippen LogP contribution is -2.41. The normalized spacial score (nSPS) is 20.0. The third kappa shape index (κ3) is 3.90. The minimum atomic E-state index is -3.03. The standard InChI is InChI=1S/C16H21N5O3S2/c1-11-6-4-5-7-14(11)21-16(17-18-19-21)25-12(2)15(22)20(3)13-8-9-26(23,24)10-13/h4-7,12-13H,8-10H2,1-3H3/t12-,13+/m1/s1. The highest BCUT2D eigenvalue weighted by Gasteiger charge is 2.34. The van der Waals surface area contributed by atoms with E-state index >= 15 is 0 Å². The second-order valence-electron chi connectivity index (χ2n) is 6.43. The Balaban J connectivity index is 1.73. The molecule has 1 saturated heterocycles. The Labute approximate surface area is 156 Å². The number of hydrogen-bond acceptors (Lipinski definition) is 7. The molecule has 26 heavy (non-hydrogen) atoms. The number of nitrogens with zero attached hydrogens (tertiary/aromatic N) is 5. The van der Waals surface area contributed by atoms with Crippen molar-refractivity contribution in [3.05, 3.63) is 29.8 Å². The summed E-state index contributed by atoms with van der Waals surface area (Å²) >= 11 is 1.26. The molecule has 1 aliphatic rings. The third-order valence-corrected chi connectivity index (χ3v) is 7.29. The minimum absolute atomic E-state index is 0.0353. The number of carbonyl (C=O) groups excluding carboxylic acids is 1. The zero-order valence-corrected chi connectivity index (χ0v) is 16.5. The van der Waals surface area contributed by atoms with Crippen LogP contribution in [0.5, 0.6) is 0 Å². The van der Waals surface area contributed by atoms with E-state index in [1.165, 1.54) is 11.8 Å². The zero-order chi connectivity index (χ0) is 18.9. The maximum Gasteiger partial charge on any atom is 0.235 e. The summed E-state index contributed by atoms with van der Waals surface area (Å²) in [7, 11) is -1.37. The Morgan fingerprint density at radius 2 is 2.12 bits per heavy atom. The quantitative estimate of drug-likeness (QED) is 0.699. The third-order valence-electron chi connectivity index (χ3n) is 4.52. The molecule has 0 spiro atoms. The molecular weight excluding hydrogens is 374 g/mol. The van der Waals surface area contributed by atoms with E-state index in [2.05, 4.69) is 15.5 Å². The maximum atomic E-state index is 12.7. The predicted molar refractivity (Wildman–Crippen MR) is 99.0 cm³/mol. The lowest BCUT2D eigenvalue weighted by Gasteiger charge is -2.26. The number of amides is 1. The number of benzene rings is 1. The van der Waals surface area contributed by atoms with Gasteiger partial charge in [-0.15, -0.1) is 5.10 Å². The molecule has 2 heterocycles. The first-order valence-corrected chi connectivity index (χ1v) is 11.0. The molecule has 1 aliphatic heterocycles. The first-order valence-electron chi connectivity index (χ1n) is 8.26. The molecule has 0 unspecified atom stereocenters. The molecule has 3 rings (SSSR count). The SMILES string of the molecule is Cc1ccccc1-n1nnnc1S[C@H](C)C(=O)N(C)[C@H]1CCS(=O)(=O)C1. The van der Waals surface area contributed by atoms with Crippen molar-refractivity contribution in [2.45, 2.75) is 36.7 Å². The van der Waals surface area contributed by atoms with Crippen LogP contribution in [0.15, 0.2) is 29.4 Å². The molecule has 10 heteroatoms. The van der Waals surface area contributed by atoms with E-state index in [0.29, 0.717) is 11.6 Å². The number of aromatic nitrogens is 4. The van der Waals surface area contributed by atoms with Crippen LogP contribution in [0.3, 0.4) is 0 Å². The molecule has 0 aliphatic carbocycles. The van der Waals surface area contributed by atoms with Crippen LogP contribution in [-0.4, -0.2) is 69.3 Å². The maximum absolute atomic E-state index is 12.7. The van der Waals surface area contributed by atoms with Crippen LogP contribution >= 0.6 is 11.8 Å². The van der Waals surface area contributed by atoms with Gasteiger partial charge in [0.2, 0.25) is 11.1 Å². The summed E-state index contributed by atoms with van der Waals surface area (Å²) in [6.07, 6.45) is 0.489. The molecule has 0 saturated carbocycles. The topological polar surface area (TPSA) is 98.1 Å². The van der Waals surface area contributed by atoms with E-state index in [1.807, 2.05) is 31.2 Å². The molecule has 2 aromatic rings. The fourth-order valence-corrected chi connectivity index (χ4v) is 5.64. The van der Waals surface area contributed by atoms with E-state index < -0.39 is 15.1 Å². The lowest BCUT2D eigenvalue weighted by molar-refractivity contribution is -0.130. The van der Waals surface area contributed by atoms with Gasteiger partial charge in [-0.3, -0.25) is 4.79 Å². The Morgan fingerprint density at radius 3 is 2.77 bits per heavy atom. The van der Waals surface area contributed by atoms with Gasteiger partial charge in [-0.25, -0.2) is 8.42 Å². The molecule has 1 aromatic carbocycles. The van der Waals surface area contributed by atoms with Gasteiger partial charge < -0.3 is 4.90 Å². The number of rotatable bonds is 5. The summed E-state index contributed by atoms with van der Waals surface area (Å²) in [5.41, 5.74) is 1.88. The molecule has 0 radical (unpaired) electrons. The van der Waals surface area contributed by atoms with Crippen LogP contribution in [0.1, 0.15) is 18.9 Å². The number of thioether (sulfide) groups is 1. The molecule has 1 aromatic heterocycles. The van der Waals surface area contributed by atoms with Crippen molar-refractivity contribution < 1.29 is 13.2 Å². The van der Waals surface area contributed by atoms with Gasteiger partial charge in [0, 0.05) is 13.1 Å². The van der Waals surface area contributed by atoms with Crippen LogP contribution in [0.2, 0.25) is 0 Å². The van der Waals surface area contributed by atoms with Gasteiger partial charge >= 0.3 is 0 Å². The largest absolute Gasteiger partial charge is 0.341 e. The van der Waals surface area contributed by atoms with Crippen molar-refractivity contribution in [1.82, 2.24) is 25.1 Å². The average Bonchev–Trinajstić information content (AvgIpc) is 3.20. The van der Waals surface area contributed by atoms with Gasteiger partial charge in [-0.05, 0) is 42.3 Å². The van der Waals surface area contributed by atoms with Gasteiger partial charge in [0.15, 0.2) is 9.84 Å². The Hall–Kier alpha value is -1.94. The van der Waals surface area contributed by atoms with Crippen LogP contribution in [0.4, 0.5) is 0 Å². The highest BCUT2D eigenvalue weighted by molar-refractivity contribution is 8.00. The second-order valence-corrected chi connectivity index (χ2v) is 9.96. The number of hydrogen-bond donors (Lipinski definition) is 0. The smallest absolute Gasteiger partial charge is 0.235 e. The highest BCUT2D eigenvalue weighted by atomic mass is 32.2. The van der Waals surface area contributed by atoms with E-state index in [9.17, 15) is 13.2 Å². The molecule has 0 bridgehead atoms. The lowest BCUT2D eigenvalue weighted by atomic mass is 10.2. The first kappa shape index (κ1) is 18.8. The number of sulfone groups is 1. The van der Waals surface area contributed by atoms with Crippen LogP contribution < -0.4 is 0 Å². The van der Waals surface area contributed by atoms with Crippen molar-refractivity contribution >= 4 is 27.5 Å². The van der Waals surface area contributed by atoms with Gasteiger partial charge in [0.05, 0.1) is 22.4 Å². The van der Waals surface area contributed by atoms with Gasteiger partial charge in [-0.1, -0.05) is 30.0 Å². The van der Waals surface area contributed by atoms with E-state index in [1.54, 1.807) is 23.6 Å². The average molecular weight is 396 g/mol. The monoisotopic (exact) mass is 395 g/mol. The van der Waals surface area contributed by atoms with Crippen molar-refractivity contribution in [1.29, 1.82) is 0 Å². The van der Waals surface area contributed by atoms with E-state index in [-0.39, 0.29) is 23.5 Å². The Kier molecular flexibility index (Phi) is 5.33. The first-order chi connectivity index (χ1) is 12.3. The predicted octanol–water partition coefficient (Wildman–Crippen LogP) is 1.10. The Morgan fingerprint density at radius 1 is 1.38 bits per heavy atom. The molecule has 140 valence electrons. The van der Waals surface area contributed by atoms with Gasteiger partial charge in [0.25, 0.3) is 0 Å². The van der Waals surface area contributed by atoms with Crippen molar-refractivity contribution in [3.8, 4) is 5.69 Å². The molecule has 2 atom stereocenters. The minimum Gasteiger partial charge on any atom is -0.341 e. The van der Waals surface area contributed by atoms with Crippen LogP contribution in [0, 0.1) is 6.92 Å². The number of aryl methyl sites for hydroxylation is 1. The summed E-state index contributed by atoms with van der Waals surface area (Å²) in [6, 6.07) is 7.46. The van der Waals surface area contributed by atoms with Crippen LogP contribution in [-0.2, 0) is 14.6 Å². The highest BCUT2D eigenvalue weighted by Crippen LogP contribution is 2.26. The number of tetrazole rings is 1. The summed E-state index contributed by atoms with van der Waals surface area (Å²) in [5.74, 6) is 0.0482. The Bertz CT molecular complexity index is 912. The van der Waals surface area contributed by atoms with E-state index in [4.69, 9.17) is 0 Å². The molecule has 1 fully saturated rings. The van der Waals surface area contributed by atoms with Crippen molar-refractivity contribution in [3.63, 3.8) is 0 Å². The zero-order valence-electron chi connectivity index (χ0n) is 14.9. The van der Waals surface area contributed by atoms with Crippen molar-refractivity contribution in [2.75, 3.05) is 18.6 Å². The summed E-state index contributed by atoms with van der Waals surface area (Å²) in [6.45, 7) is 3.75. The molecule has 0 N–H and O–H groups in total. The fourth-order valence-electron chi connectivity index (χ4n) is 2.96. The second kappa shape index (κ2) is 7.36. The fraction of sp³-hybridized carbons (Fsp3) is 0.500.